The Morgan fingerprint density at radius 1 is 0.951 bits per heavy atom. The molecule has 212 valence electrons. The molecule has 2 saturated heterocycles. The molecule has 0 radical (unpaired) electrons. The third-order valence-electron chi connectivity index (χ3n) is 7.81. The predicted octanol–water partition coefficient (Wildman–Crippen LogP) is 1.73. The molecule has 0 aliphatic carbocycles. The van der Waals surface area contributed by atoms with Crippen molar-refractivity contribution in [1.82, 2.24) is 23.6 Å². The fourth-order valence-electron chi connectivity index (χ4n) is 5.62. The number of nitrogens with zero attached hydrogens (tertiary/aromatic N) is 7. The molecule has 2 amide bonds. The number of rotatable bonds is 5. The Hall–Kier alpha value is -4.29. The second-order valence-corrected chi connectivity index (χ2v) is 10.7. The third-order valence-corrected chi connectivity index (χ3v) is 8.06. The first-order valence-electron chi connectivity index (χ1n) is 13.2. The van der Waals surface area contributed by atoms with Crippen molar-refractivity contribution in [1.29, 1.82) is 0 Å². The van der Waals surface area contributed by atoms with E-state index < -0.39 is 23.1 Å². The quantitative estimate of drug-likeness (QED) is 0.332. The molecule has 2 fully saturated rings. The number of aromatic nitrogens is 4. The van der Waals surface area contributed by atoms with Crippen LogP contribution in [0.25, 0.3) is 11.2 Å². The topological polar surface area (TPSA) is 106 Å². The first-order valence-corrected chi connectivity index (χ1v) is 13.5. The number of aryl methyl sites for hydroxylation is 1. The summed E-state index contributed by atoms with van der Waals surface area (Å²) in [6.45, 7) is 2.19. The van der Waals surface area contributed by atoms with Crippen molar-refractivity contribution in [2.45, 2.75) is 19.0 Å². The highest BCUT2D eigenvalue weighted by molar-refractivity contribution is 6.30. The molecule has 1 atom stereocenters. The summed E-state index contributed by atoms with van der Waals surface area (Å²) in [5, 5.41) is 0.592. The van der Waals surface area contributed by atoms with Gasteiger partial charge in [-0.05, 0) is 35.9 Å². The molecule has 4 heterocycles. The van der Waals surface area contributed by atoms with Crippen LogP contribution in [0.1, 0.15) is 12.0 Å². The minimum atomic E-state index is -0.645. The molecule has 2 aliphatic heterocycles. The zero-order chi connectivity index (χ0) is 29.0. The van der Waals surface area contributed by atoms with E-state index in [2.05, 4.69) is 0 Å². The van der Waals surface area contributed by atoms with E-state index >= 15 is 0 Å². The molecule has 13 heteroatoms. The standard InChI is InChI=1S/C28H27ClFN7O4/c1-32-24-23(26(40)33(2)28(32)41)36(16-17-6-8-18(29)9-7-17)27(31-24)35-12-10-34(11-13-35)21-15-22(38)37(25(21)39)20-5-3-4-19(30)14-20/h3-9,14,21H,10-13,15-16H2,1-2H3. The minimum absolute atomic E-state index is 0.0164. The highest BCUT2D eigenvalue weighted by Crippen LogP contribution is 2.28. The summed E-state index contributed by atoms with van der Waals surface area (Å²) in [6, 6.07) is 12.1. The van der Waals surface area contributed by atoms with E-state index in [4.69, 9.17) is 16.6 Å². The molecule has 2 aliphatic rings. The van der Waals surface area contributed by atoms with E-state index in [1.54, 1.807) is 25.2 Å². The van der Waals surface area contributed by atoms with Gasteiger partial charge in [0.15, 0.2) is 11.2 Å². The van der Waals surface area contributed by atoms with Gasteiger partial charge in [0.1, 0.15) is 5.82 Å². The van der Waals surface area contributed by atoms with Gasteiger partial charge in [-0.15, -0.1) is 0 Å². The lowest BCUT2D eigenvalue weighted by atomic mass is 10.1. The average molecular weight is 580 g/mol. The lowest BCUT2D eigenvalue weighted by Crippen LogP contribution is -2.53. The van der Waals surface area contributed by atoms with Crippen molar-refractivity contribution in [3.8, 4) is 0 Å². The summed E-state index contributed by atoms with van der Waals surface area (Å²) < 4.78 is 18.0. The molecule has 0 N–H and O–H groups in total. The van der Waals surface area contributed by atoms with Crippen LogP contribution < -0.4 is 21.0 Å². The zero-order valence-electron chi connectivity index (χ0n) is 22.5. The van der Waals surface area contributed by atoms with Crippen molar-refractivity contribution in [3.05, 3.63) is 85.8 Å². The molecule has 1 unspecified atom stereocenters. The summed E-state index contributed by atoms with van der Waals surface area (Å²) >= 11 is 6.08. The second kappa shape index (κ2) is 10.3. The minimum Gasteiger partial charge on any atom is -0.340 e. The number of fused-ring (bicyclic) bond motifs is 1. The Morgan fingerprint density at radius 3 is 2.34 bits per heavy atom. The number of benzene rings is 2. The fraction of sp³-hybridized carbons (Fsp3) is 0.321. The largest absolute Gasteiger partial charge is 0.340 e. The van der Waals surface area contributed by atoms with E-state index in [1.807, 2.05) is 26.5 Å². The number of hydrogen-bond acceptors (Lipinski definition) is 7. The molecule has 0 bridgehead atoms. The van der Waals surface area contributed by atoms with Crippen LogP contribution in [-0.2, 0) is 30.2 Å². The van der Waals surface area contributed by atoms with E-state index in [9.17, 15) is 23.6 Å². The zero-order valence-corrected chi connectivity index (χ0v) is 23.2. The van der Waals surface area contributed by atoms with E-state index in [-0.39, 0.29) is 29.6 Å². The van der Waals surface area contributed by atoms with E-state index in [0.717, 1.165) is 15.0 Å². The van der Waals surface area contributed by atoms with Gasteiger partial charge >= 0.3 is 5.69 Å². The molecule has 11 nitrogen and oxygen atoms in total. The van der Waals surface area contributed by atoms with Crippen LogP contribution >= 0.6 is 11.6 Å². The van der Waals surface area contributed by atoms with Gasteiger partial charge in [-0.25, -0.2) is 14.1 Å². The molecule has 2 aromatic heterocycles. The van der Waals surface area contributed by atoms with Gasteiger partial charge in [-0.2, -0.15) is 4.98 Å². The van der Waals surface area contributed by atoms with Crippen LogP contribution in [0.5, 0.6) is 0 Å². The van der Waals surface area contributed by atoms with Gasteiger partial charge in [-0.1, -0.05) is 29.8 Å². The summed E-state index contributed by atoms with van der Waals surface area (Å²) in [4.78, 5) is 61.7. The van der Waals surface area contributed by atoms with Crippen LogP contribution in [-0.4, -0.2) is 67.6 Å². The van der Waals surface area contributed by atoms with Gasteiger partial charge in [0, 0.05) is 45.3 Å². The summed E-state index contributed by atoms with van der Waals surface area (Å²) in [5.41, 5.74) is 0.807. The fourth-order valence-corrected chi connectivity index (χ4v) is 5.75. The molecule has 2 aromatic carbocycles. The Morgan fingerprint density at radius 2 is 1.66 bits per heavy atom. The lowest BCUT2D eigenvalue weighted by Gasteiger charge is -2.37. The van der Waals surface area contributed by atoms with Crippen LogP contribution in [0.2, 0.25) is 5.02 Å². The SMILES string of the molecule is Cn1c(=O)c2c(nc(N3CCN(C4CC(=O)N(c5cccc(F)c5)C4=O)CC3)n2Cc2ccc(Cl)cc2)n(C)c1=O. The number of carbonyl (C=O) groups is 2. The van der Waals surface area contributed by atoms with Crippen molar-refractivity contribution in [3.63, 3.8) is 0 Å². The van der Waals surface area contributed by atoms with Crippen molar-refractivity contribution in [2.24, 2.45) is 14.1 Å². The monoisotopic (exact) mass is 579 g/mol. The average Bonchev–Trinajstić information content (AvgIpc) is 3.48. The third kappa shape index (κ3) is 4.62. The van der Waals surface area contributed by atoms with Gasteiger partial charge < -0.3 is 4.90 Å². The Balaban J connectivity index is 1.29. The normalized spacial score (nSPS) is 18.2. The van der Waals surface area contributed by atoms with Gasteiger partial charge in [0.05, 0.1) is 24.7 Å². The number of amides is 2. The molecular formula is C28H27ClFN7O4. The van der Waals surface area contributed by atoms with Crippen molar-refractivity contribution >= 4 is 46.2 Å². The van der Waals surface area contributed by atoms with Crippen molar-refractivity contribution < 1.29 is 14.0 Å². The number of piperazine rings is 1. The number of imidazole rings is 1. The number of carbonyl (C=O) groups excluding carboxylic acids is 2. The van der Waals surface area contributed by atoms with E-state index in [0.29, 0.717) is 49.2 Å². The van der Waals surface area contributed by atoms with Gasteiger partial charge in [0.25, 0.3) is 11.5 Å². The van der Waals surface area contributed by atoms with Crippen molar-refractivity contribution in [2.75, 3.05) is 36.0 Å². The summed E-state index contributed by atoms with van der Waals surface area (Å²) in [5.74, 6) is -0.728. The number of hydrogen-bond donors (Lipinski definition) is 0. The first-order chi connectivity index (χ1) is 19.6. The number of halogens is 2. The molecule has 0 saturated carbocycles. The van der Waals surface area contributed by atoms with Crippen LogP contribution in [0.4, 0.5) is 16.0 Å². The lowest BCUT2D eigenvalue weighted by molar-refractivity contribution is -0.123. The second-order valence-electron chi connectivity index (χ2n) is 10.3. The number of imide groups is 1. The van der Waals surface area contributed by atoms with Crippen LogP contribution in [0.15, 0.2) is 58.1 Å². The summed E-state index contributed by atoms with van der Waals surface area (Å²) in [6.07, 6.45) is 0.0164. The molecular weight excluding hydrogens is 553 g/mol. The maximum Gasteiger partial charge on any atom is 0.332 e. The van der Waals surface area contributed by atoms with Crippen LogP contribution in [0.3, 0.4) is 0 Å². The molecule has 41 heavy (non-hydrogen) atoms. The maximum absolute atomic E-state index is 13.8. The summed E-state index contributed by atoms with van der Waals surface area (Å²) in [7, 11) is 3.02. The van der Waals surface area contributed by atoms with Gasteiger partial charge in [-0.3, -0.25) is 33.0 Å². The van der Waals surface area contributed by atoms with Gasteiger partial charge in [0.2, 0.25) is 11.9 Å². The Labute approximate surface area is 238 Å². The van der Waals surface area contributed by atoms with E-state index in [1.165, 1.54) is 29.8 Å². The molecule has 4 aromatic rings. The highest BCUT2D eigenvalue weighted by atomic mass is 35.5. The number of anilines is 2. The first kappa shape index (κ1) is 26.9. The smallest absolute Gasteiger partial charge is 0.332 e. The Bertz CT molecular complexity index is 1810. The van der Waals surface area contributed by atoms with Crippen LogP contribution in [0, 0.1) is 5.82 Å². The molecule has 6 rings (SSSR count). The predicted molar refractivity (Wildman–Crippen MR) is 152 cm³/mol. The highest BCUT2D eigenvalue weighted by Gasteiger charge is 2.43. The molecule has 0 spiro atoms. The Kier molecular flexibility index (Phi) is 6.74. The maximum atomic E-state index is 13.8.